The highest BCUT2D eigenvalue weighted by Crippen LogP contribution is 2.31. The number of nitrogens with zero attached hydrogens (tertiary/aromatic N) is 1. The van der Waals surface area contributed by atoms with E-state index in [0.29, 0.717) is 11.3 Å². The summed E-state index contributed by atoms with van der Waals surface area (Å²) >= 11 is 0. The molecule has 0 radical (unpaired) electrons. The molecule has 0 amide bonds. The average Bonchev–Trinajstić information content (AvgIpc) is 2.82. The van der Waals surface area contributed by atoms with Crippen LogP contribution in [0.1, 0.15) is 23.6 Å². The Hall–Kier alpha value is -3.46. The van der Waals surface area contributed by atoms with Crippen LogP contribution in [-0.2, 0) is 14.3 Å². The van der Waals surface area contributed by atoms with Crippen molar-refractivity contribution >= 4 is 26.7 Å². The number of benzene rings is 3. The van der Waals surface area contributed by atoms with Gasteiger partial charge in [-0.05, 0) is 68.3 Å². The standard InChI is InChI=1S/C27H28N2O5S/c1-17-5-10-22(11-6-17)35(31,32)34-27(4,16-30)33-21-9-7-20-8-14-25(29-26(20)15-21)23-12-13-24(28)19(3)18(23)2/h5-15,30H,16,28H2,1-4H3. The van der Waals surface area contributed by atoms with Gasteiger partial charge in [0.25, 0.3) is 0 Å². The van der Waals surface area contributed by atoms with Gasteiger partial charge in [0, 0.05) is 29.6 Å². The van der Waals surface area contributed by atoms with Gasteiger partial charge >= 0.3 is 10.1 Å². The molecule has 0 aliphatic heterocycles. The number of aryl methyl sites for hydroxylation is 1. The molecule has 0 fully saturated rings. The summed E-state index contributed by atoms with van der Waals surface area (Å²) in [5.41, 5.74) is 12.1. The van der Waals surface area contributed by atoms with Crippen molar-refractivity contribution in [2.45, 2.75) is 38.4 Å². The van der Waals surface area contributed by atoms with Crippen LogP contribution in [0.5, 0.6) is 5.75 Å². The van der Waals surface area contributed by atoms with Crippen molar-refractivity contribution in [3.63, 3.8) is 0 Å². The zero-order valence-corrected chi connectivity index (χ0v) is 20.9. The molecule has 0 saturated heterocycles. The molecule has 182 valence electrons. The molecule has 4 aromatic rings. The summed E-state index contributed by atoms with van der Waals surface area (Å²) in [4.78, 5) is 4.76. The fraction of sp³-hybridized carbons (Fsp3) is 0.222. The van der Waals surface area contributed by atoms with Gasteiger partial charge in [-0.25, -0.2) is 9.17 Å². The molecule has 1 unspecified atom stereocenters. The first kappa shape index (κ1) is 24.7. The van der Waals surface area contributed by atoms with Gasteiger partial charge in [0.2, 0.25) is 5.79 Å². The Balaban J connectivity index is 1.65. The van der Waals surface area contributed by atoms with Gasteiger partial charge in [-0.1, -0.05) is 29.8 Å². The quantitative estimate of drug-likeness (QED) is 0.214. The number of pyridine rings is 1. The van der Waals surface area contributed by atoms with Gasteiger partial charge in [0.1, 0.15) is 12.4 Å². The number of nitrogens with two attached hydrogens (primary N) is 1. The molecular formula is C27H28N2O5S. The van der Waals surface area contributed by atoms with Crippen molar-refractivity contribution < 1.29 is 22.4 Å². The molecule has 4 rings (SSSR count). The molecule has 1 heterocycles. The first-order chi connectivity index (χ1) is 16.5. The monoisotopic (exact) mass is 492 g/mol. The molecule has 0 aliphatic carbocycles. The number of ether oxygens (including phenoxy) is 1. The van der Waals surface area contributed by atoms with Crippen molar-refractivity contribution in [1.82, 2.24) is 4.98 Å². The third-order valence-corrected chi connectivity index (χ3v) is 7.41. The van der Waals surface area contributed by atoms with Crippen molar-refractivity contribution in [3.8, 4) is 17.0 Å². The Morgan fingerprint density at radius 1 is 0.943 bits per heavy atom. The Morgan fingerprint density at radius 3 is 2.31 bits per heavy atom. The first-order valence-electron chi connectivity index (χ1n) is 11.1. The predicted octanol–water partition coefficient (Wildman–Crippen LogP) is 4.90. The number of hydrogen-bond donors (Lipinski definition) is 2. The van der Waals surface area contributed by atoms with Gasteiger partial charge < -0.3 is 15.6 Å². The number of aliphatic hydroxyl groups is 1. The number of nitrogen functional groups attached to an aromatic ring is 1. The van der Waals surface area contributed by atoms with Crippen molar-refractivity contribution in [2.75, 3.05) is 12.3 Å². The number of rotatable bonds is 7. The first-order valence-corrected chi connectivity index (χ1v) is 12.5. The second kappa shape index (κ2) is 9.30. The van der Waals surface area contributed by atoms with E-state index in [2.05, 4.69) is 0 Å². The average molecular weight is 493 g/mol. The van der Waals surface area contributed by atoms with Gasteiger partial charge in [0.05, 0.1) is 16.1 Å². The van der Waals surface area contributed by atoms with Gasteiger partial charge in [-0.3, -0.25) is 0 Å². The van der Waals surface area contributed by atoms with Crippen LogP contribution in [0.2, 0.25) is 0 Å². The number of hydrogen-bond acceptors (Lipinski definition) is 7. The third kappa shape index (κ3) is 5.14. The zero-order valence-electron chi connectivity index (χ0n) is 20.1. The predicted molar refractivity (Wildman–Crippen MR) is 137 cm³/mol. The SMILES string of the molecule is Cc1ccc(S(=O)(=O)OC(C)(CO)Oc2ccc3ccc(-c4ccc(N)c(C)c4C)nc3c2)cc1. The molecule has 8 heteroatoms. The van der Waals surface area contributed by atoms with Crippen LogP contribution in [0, 0.1) is 20.8 Å². The van der Waals surface area contributed by atoms with Crippen LogP contribution >= 0.6 is 0 Å². The highest BCUT2D eigenvalue weighted by molar-refractivity contribution is 7.86. The van der Waals surface area contributed by atoms with Crippen LogP contribution in [0.25, 0.3) is 22.2 Å². The van der Waals surface area contributed by atoms with Gasteiger partial charge in [0.15, 0.2) is 0 Å². The molecule has 3 N–H and O–H groups in total. The lowest BCUT2D eigenvalue weighted by Gasteiger charge is -2.28. The molecule has 0 bridgehead atoms. The van der Waals surface area contributed by atoms with Crippen LogP contribution in [0.15, 0.2) is 71.6 Å². The Morgan fingerprint density at radius 2 is 1.63 bits per heavy atom. The van der Waals surface area contributed by atoms with Crippen LogP contribution in [0.4, 0.5) is 5.69 Å². The van der Waals surface area contributed by atoms with Crippen molar-refractivity contribution in [1.29, 1.82) is 0 Å². The summed E-state index contributed by atoms with van der Waals surface area (Å²) in [6.07, 6.45) is 0. The molecular weight excluding hydrogens is 464 g/mol. The number of anilines is 1. The summed E-state index contributed by atoms with van der Waals surface area (Å²) in [5, 5.41) is 10.8. The lowest BCUT2D eigenvalue weighted by atomic mass is 9.98. The van der Waals surface area contributed by atoms with Gasteiger partial charge in [-0.2, -0.15) is 8.42 Å². The molecule has 0 saturated carbocycles. The smallest absolute Gasteiger partial charge is 0.300 e. The second-order valence-corrected chi connectivity index (χ2v) is 10.3. The highest BCUT2D eigenvalue weighted by Gasteiger charge is 2.34. The maximum absolute atomic E-state index is 12.8. The van der Waals surface area contributed by atoms with E-state index in [0.717, 1.165) is 39.0 Å². The van der Waals surface area contributed by atoms with E-state index < -0.39 is 22.5 Å². The minimum Gasteiger partial charge on any atom is -0.459 e. The maximum atomic E-state index is 12.8. The van der Waals surface area contributed by atoms with E-state index in [4.69, 9.17) is 19.6 Å². The Labute approximate surface area is 205 Å². The lowest BCUT2D eigenvalue weighted by molar-refractivity contribution is -0.125. The van der Waals surface area contributed by atoms with E-state index in [9.17, 15) is 13.5 Å². The summed E-state index contributed by atoms with van der Waals surface area (Å²) in [6.45, 7) is 6.51. The van der Waals surface area contributed by atoms with Crippen LogP contribution in [-0.4, -0.2) is 30.9 Å². The molecule has 1 aromatic heterocycles. The largest absolute Gasteiger partial charge is 0.459 e. The lowest BCUT2D eigenvalue weighted by Crippen LogP contribution is -2.41. The fourth-order valence-electron chi connectivity index (χ4n) is 3.74. The summed E-state index contributed by atoms with van der Waals surface area (Å²) in [6, 6.07) is 19.1. The van der Waals surface area contributed by atoms with E-state index in [-0.39, 0.29) is 4.90 Å². The zero-order chi connectivity index (χ0) is 25.4. The number of aromatic nitrogens is 1. The minimum absolute atomic E-state index is 0.0228. The molecule has 0 spiro atoms. The summed E-state index contributed by atoms with van der Waals surface area (Å²) in [5.74, 6) is -1.53. The second-order valence-electron chi connectivity index (χ2n) is 8.75. The minimum atomic E-state index is -4.18. The third-order valence-electron chi connectivity index (χ3n) is 5.99. The molecule has 0 aliphatic rings. The van der Waals surface area contributed by atoms with E-state index >= 15 is 0 Å². The van der Waals surface area contributed by atoms with Crippen molar-refractivity contribution in [3.05, 3.63) is 83.4 Å². The fourth-order valence-corrected chi connectivity index (χ4v) is 4.86. The molecule has 7 nitrogen and oxygen atoms in total. The number of aliphatic hydroxyl groups excluding tert-OH is 1. The molecule has 35 heavy (non-hydrogen) atoms. The van der Waals surface area contributed by atoms with Crippen LogP contribution in [0.3, 0.4) is 0 Å². The van der Waals surface area contributed by atoms with E-state index in [1.54, 1.807) is 24.3 Å². The number of fused-ring (bicyclic) bond motifs is 1. The molecule has 1 atom stereocenters. The highest BCUT2D eigenvalue weighted by atomic mass is 32.2. The summed E-state index contributed by atoms with van der Waals surface area (Å²) in [7, 11) is -4.18. The normalized spacial score (nSPS) is 13.5. The Bertz CT molecular complexity index is 1500. The van der Waals surface area contributed by atoms with E-state index in [1.165, 1.54) is 19.1 Å². The summed E-state index contributed by atoms with van der Waals surface area (Å²) < 4.78 is 36.7. The topological polar surface area (TPSA) is 112 Å². The van der Waals surface area contributed by atoms with Crippen molar-refractivity contribution in [2.24, 2.45) is 0 Å². The van der Waals surface area contributed by atoms with Gasteiger partial charge in [-0.15, -0.1) is 0 Å². The Kier molecular flexibility index (Phi) is 6.55. The maximum Gasteiger partial charge on any atom is 0.300 e. The van der Waals surface area contributed by atoms with E-state index in [1.807, 2.05) is 51.1 Å². The molecule has 3 aromatic carbocycles. The van der Waals surface area contributed by atoms with Crippen LogP contribution < -0.4 is 10.5 Å².